The van der Waals surface area contributed by atoms with Crippen LogP contribution < -0.4 is 0 Å². The Morgan fingerprint density at radius 1 is 0.667 bits per heavy atom. The predicted molar refractivity (Wildman–Crippen MR) is 97.2 cm³/mol. The number of para-hydroxylation sites is 3. The highest BCUT2D eigenvalue weighted by molar-refractivity contribution is 5.96. The molecule has 0 amide bonds. The van der Waals surface area contributed by atoms with Crippen molar-refractivity contribution < 1.29 is 0 Å². The summed E-state index contributed by atoms with van der Waals surface area (Å²) >= 11 is 0. The number of hydrogen-bond donors (Lipinski definition) is 0. The second-order valence-corrected chi connectivity index (χ2v) is 5.97. The number of rotatable bonds is 2. The Morgan fingerprint density at radius 3 is 2.25 bits per heavy atom. The van der Waals surface area contributed by atoms with E-state index in [4.69, 9.17) is 9.97 Å². The highest BCUT2D eigenvalue weighted by Crippen LogP contribution is 2.25. The smallest absolute Gasteiger partial charge is 0.148 e. The average Bonchev–Trinajstić information content (AvgIpc) is 3.03. The molecule has 114 valence electrons. The monoisotopic (exact) mass is 309 g/mol. The van der Waals surface area contributed by atoms with Gasteiger partial charge in [0.05, 0.1) is 16.6 Å². The van der Waals surface area contributed by atoms with E-state index in [1.165, 1.54) is 5.56 Å². The summed E-state index contributed by atoms with van der Waals surface area (Å²) in [5, 5.41) is 1.09. The Hall–Kier alpha value is -3.20. The first-order valence-electron chi connectivity index (χ1n) is 8.09. The maximum absolute atomic E-state index is 4.94. The van der Waals surface area contributed by atoms with Crippen molar-refractivity contribution in [2.45, 2.75) is 6.42 Å². The van der Waals surface area contributed by atoms with Crippen molar-refractivity contribution in [3.63, 3.8) is 0 Å². The average molecular weight is 309 g/mol. The molecule has 0 unspecified atom stereocenters. The first-order chi connectivity index (χ1) is 11.9. The minimum absolute atomic E-state index is 0.780. The third kappa shape index (κ3) is 1.98. The van der Waals surface area contributed by atoms with E-state index in [1.807, 2.05) is 24.3 Å². The van der Waals surface area contributed by atoms with Crippen molar-refractivity contribution in [2.24, 2.45) is 0 Å². The van der Waals surface area contributed by atoms with E-state index in [2.05, 4.69) is 59.0 Å². The zero-order valence-corrected chi connectivity index (χ0v) is 13.1. The van der Waals surface area contributed by atoms with Crippen LogP contribution in [0.2, 0.25) is 0 Å². The molecule has 0 saturated heterocycles. The number of imidazole rings is 1. The third-order valence-corrected chi connectivity index (χ3v) is 4.42. The van der Waals surface area contributed by atoms with Crippen molar-refractivity contribution in [1.29, 1.82) is 0 Å². The number of benzene rings is 3. The largest absolute Gasteiger partial charge is 0.279 e. The van der Waals surface area contributed by atoms with Gasteiger partial charge in [-0.25, -0.2) is 9.97 Å². The van der Waals surface area contributed by atoms with Crippen molar-refractivity contribution in [1.82, 2.24) is 14.4 Å². The lowest BCUT2D eigenvalue weighted by Crippen LogP contribution is -2.03. The lowest BCUT2D eigenvalue weighted by molar-refractivity contribution is 0.958. The Morgan fingerprint density at radius 2 is 1.38 bits per heavy atom. The van der Waals surface area contributed by atoms with Crippen molar-refractivity contribution >= 4 is 27.6 Å². The van der Waals surface area contributed by atoms with Gasteiger partial charge in [-0.3, -0.25) is 4.40 Å². The summed E-state index contributed by atoms with van der Waals surface area (Å²) in [6.45, 7) is 0. The summed E-state index contributed by atoms with van der Waals surface area (Å²) in [6.07, 6.45) is 0.780. The van der Waals surface area contributed by atoms with Gasteiger partial charge in [-0.15, -0.1) is 0 Å². The molecule has 24 heavy (non-hydrogen) atoms. The second kappa shape index (κ2) is 5.17. The number of hydrogen-bond acceptors (Lipinski definition) is 2. The first-order valence-corrected chi connectivity index (χ1v) is 8.09. The molecule has 5 rings (SSSR count). The van der Waals surface area contributed by atoms with Crippen molar-refractivity contribution in [3.8, 4) is 0 Å². The molecule has 3 aromatic carbocycles. The van der Waals surface area contributed by atoms with Gasteiger partial charge >= 0.3 is 0 Å². The lowest BCUT2D eigenvalue weighted by Gasteiger charge is -2.09. The highest BCUT2D eigenvalue weighted by atomic mass is 15.1. The molecule has 3 heteroatoms. The zero-order chi connectivity index (χ0) is 15.9. The standard InChI is InChI=1S/C21H15N3/c1-2-8-15(9-3-1)14-20-22-17-11-5-4-10-16(17)21-23-18-12-6-7-13-19(18)24(20)21/h1-13H,14H2. The normalized spacial score (nSPS) is 11.5. The molecule has 0 radical (unpaired) electrons. The summed E-state index contributed by atoms with van der Waals surface area (Å²) in [7, 11) is 0. The van der Waals surface area contributed by atoms with Crippen LogP contribution in [0.3, 0.4) is 0 Å². The molecule has 0 bridgehead atoms. The molecule has 0 spiro atoms. The summed E-state index contributed by atoms with van der Waals surface area (Å²) in [4.78, 5) is 9.81. The van der Waals surface area contributed by atoms with E-state index >= 15 is 0 Å². The van der Waals surface area contributed by atoms with Crippen molar-refractivity contribution in [2.75, 3.05) is 0 Å². The van der Waals surface area contributed by atoms with Crippen LogP contribution in [0.15, 0.2) is 78.9 Å². The summed E-state index contributed by atoms with van der Waals surface area (Å²) in [5.41, 5.74) is 5.33. The Kier molecular flexibility index (Phi) is 2.85. The fourth-order valence-corrected chi connectivity index (χ4v) is 3.31. The topological polar surface area (TPSA) is 30.2 Å². The van der Waals surface area contributed by atoms with Gasteiger partial charge in [-0.2, -0.15) is 0 Å². The molecule has 2 heterocycles. The van der Waals surface area contributed by atoms with E-state index in [-0.39, 0.29) is 0 Å². The molecular weight excluding hydrogens is 294 g/mol. The Labute approximate surface area is 139 Å². The fourth-order valence-electron chi connectivity index (χ4n) is 3.31. The van der Waals surface area contributed by atoms with Crippen LogP contribution in [0, 0.1) is 0 Å². The number of nitrogens with zero attached hydrogens (tertiary/aromatic N) is 3. The van der Waals surface area contributed by atoms with Crippen molar-refractivity contribution in [3.05, 3.63) is 90.3 Å². The first kappa shape index (κ1) is 13.3. The summed E-state index contributed by atoms with van der Waals surface area (Å²) in [6, 6.07) is 26.9. The Balaban J connectivity index is 1.89. The predicted octanol–water partition coefficient (Wildman–Crippen LogP) is 4.63. The second-order valence-electron chi connectivity index (χ2n) is 5.97. The van der Waals surface area contributed by atoms with E-state index in [1.54, 1.807) is 0 Å². The maximum Gasteiger partial charge on any atom is 0.148 e. The summed E-state index contributed by atoms with van der Waals surface area (Å²) < 4.78 is 2.20. The third-order valence-electron chi connectivity index (χ3n) is 4.42. The van der Waals surface area contributed by atoms with Crippen LogP contribution in [-0.4, -0.2) is 14.4 Å². The minimum Gasteiger partial charge on any atom is -0.279 e. The van der Waals surface area contributed by atoms with Crippen LogP contribution in [0.1, 0.15) is 11.4 Å². The van der Waals surface area contributed by atoms with Gasteiger partial charge in [-0.05, 0) is 29.8 Å². The molecule has 0 aliphatic heterocycles. The maximum atomic E-state index is 4.94. The van der Waals surface area contributed by atoms with E-state index in [0.29, 0.717) is 0 Å². The van der Waals surface area contributed by atoms with Gasteiger partial charge < -0.3 is 0 Å². The van der Waals surface area contributed by atoms with E-state index in [9.17, 15) is 0 Å². The molecule has 0 aliphatic rings. The van der Waals surface area contributed by atoms with Gasteiger partial charge in [-0.1, -0.05) is 54.6 Å². The van der Waals surface area contributed by atoms with E-state index in [0.717, 1.165) is 39.8 Å². The molecule has 0 saturated carbocycles. The molecule has 3 nitrogen and oxygen atoms in total. The van der Waals surface area contributed by atoms with Gasteiger partial charge in [0.1, 0.15) is 11.5 Å². The lowest BCUT2D eigenvalue weighted by atomic mass is 10.1. The zero-order valence-electron chi connectivity index (χ0n) is 13.1. The van der Waals surface area contributed by atoms with Gasteiger partial charge in [0.15, 0.2) is 0 Å². The Bertz CT molecular complexity index is 1170. The summed E-state index contributed by atoms with van der Waals surface area (Å²) in [5.74, 6) is 1.02. The quantitative estimate of drug-likeness (QED) is 0.476. The fraction of sp³-hybridized carbons (Fsp3) is 0.0476. The molecular formula is C21H15N3. The molecule has 0 fully saturated rings. The van der Waals surface area contributed by atoms with Gasteiger partial charge in [0, 0.05) is 11.8 Å². The highest BCUT2D eigenvalue weighted by Gasteiger charge is 2.13. The molecule has 0 atom stereocenters. The van der Waals surface area contributed by atoms with E-state index < -0.39 is 0 Å². The molecule has 5 aromatic rings. The van der Waals surface area contributed by atoms with Crippen LogP contribution in [0.5, 0.6) is 0 Å². The van der Waals surface area contributed by atoms with Gasteiger partial charge in [0.2, 0.25) is 0 Å². The molecule has 0 N–H and O–H groups in total. The van der Waals surface area contributed by atoms with Crippen LogP contribution in [0.4, 0.5) is 0 Å². The SMILES string of the molecule is c1ccc(Cc2nc3ccccc3c3nc4ccccc4n23)cc1. The number of fused-ring (bicyclic) bond motifs is 5. The van der Waals surface area contributed by atoms with Crippen LogP contribution >= 0.6 is 0 Å². The van der Waals surface area contributed by atoms with Crippen LogP contribution in [0.25, 0.3) is 27.6 Å². The molecule has 0 aliphatic carbocycles. The number of aromatic nitrogens is 3. The van der Waals surface area contributed by atoms with Crippen LogP contribution in [-0.2, 0) is 6.42 Å². The van der Waals surface area contributed by atoms with Gasteiger partial charge in [0.25, 0.3) is 0 Å². The minimum atomic E-state index is 0.780. The molecule has 2 aromatic heterocycles.